The van der Waals surface area contributed by atoms with Gasteiger partial charge in [-0.3, -0.25) is 4.79 Å². The average Bonchev–Trinajstić information content (AvgIpc) is 3.11. The number of aromatic nitrogens is 1. The highest BCUT2D eigenvalue weighted by molar-refractivity contribution is 6.21. The van der Waals surface area contributed by atoms with Crippen molar-refractivity contribution in [2.75, 3.05) is 21.1 Å². The second-order valence-electron chi connectivity index (χ2n) is 9.71. The monoisotopic (exact) mass is 474 g/mol. The third kappa shape index (κ3) is 5.94. The summed E-state index contributed by atoms with van der Waals surface area (Å²) in [6.45, 7) is 0.872. The molecule has 3 N–H and O–H groups in total. The highest BCUT2D eigenvalue weighted by Gasteiger charge is 2.20. The Hall–Kier alpha value is -3.97. The number of aliphatic imine (C=N–C) groups is 1. The van der Waals surface area contributed by atoms with Gasteiger partial charge in [0.05, 0.1) is 43.6 Å². The number of carboxylic acids is 1. The molecule has 0 bridgehead atoms. The van der Waals surface area contributed by atoms with Crippen LogP contribution >= 0.6 is 0 Å². The van der Waals surface area contributed by atoms with Crippen LogP contribution < -0.4 is 0 Å². The lowest BCUT2D eigenvalue weighted by Gasteiger charge is -2.23. The van der Waals surface area contributed by atoms with Crippen molar-refractivity contribution in [2.24, 2.45) is 4.99 Å². The van der Waals surface area contributed by atoms with E-state index in [1.165, 1.54) is 17.7 Å². The van der Waals surface area contributed by atoms with Crippen molar-refractivity contribution in [2.45, 2.75) is 19.4 Å². The van der Waals surface area contributed by atoms with Crippen LogP contribution in [0.4, 0.5) is 10.1 Å². The van der Waals surface area contributed by atoms with Crippen LogP contribution in [0.3, 0.4) is 0 Å². The van der Waals surface area contributed by atoms with E-state index in [0.29, 0.717) is 34.3 Å². The van der Waals surface area contributed by atoms with Crippen LogP contribution in [0.1, 0.15) is 28.7 Å². The second-order valence-corrected chi connectivity index (χ2v) is 9.71. The lowest BCUT2D eigenvalue weighted by atomic mass is 9.97. The van der Waals surface area contributed by atoms with Crippen LogP contribution in [-0.2, 0) is 17.8 Å². The summed E-state index contributed by atoms with van der Waals surface area (Å²) in [5.41, 5.74) is 4.90. The van der Waals surface area contributed by atoms with E-state index in [9.17, 15) is 14.3 Å². The molecule has 0 amide bonds. The molecule has 4 rings (SSSR count). The van der Waals surface area contributed by atoms with Crippen molar-refractivity contribution in [3.63, 3.8) is 0 Å². The van der Waals surface area contributed by atoms with Crippen molar-refractivity contribution in [3.05, 3.63) is 94.8 Å². The number of carbonyl (C=O) groups is 1. The predicted octanol–water partition coefficient (Wildman–Crippen LogP) is 5.41. The van der Waals surface area contributed by atoms with Gasteiger partial charge in [0.25, 0.3) is 0 Å². The zero-order chi connectivity index (χ0) is 25.2. The quantitative estimate of drug-likeness (QED) is 0.236. The maximum absolute atomic E-state index is 13.8. The molecule has 1 aromatic heterocycles. The van der Waals surface area contributed by atoms with Crippen LogP contribution in [-0.4, -0.2) is 52.5 Å². The van der Waals surface area contributed by atoms with E-state index in [1.807, 2.05) is 48.5 Å². The largest absolute Gasteiger partial charge is 0.494 e. The highest BCUT2D eigenvalue weighted by atomic mass is 19.1. The van der Waals surface area contributed by atoms with Gasteiger partial charge in [-0.15, -0.1) is 0 Å². The van der Waals surface area contributed by atoms with Gasteiger partial charge in [-0.1, -0.05) is 30.3 Å². The molecule has 0 saturated carbocycles. The molecule has 180 valence electrons. The van der Waals surface area contributed by atoms with Crippen molar-refractivity contribution in [3.8, 4) is 5.88 Å². The third-order valence-corrected chi connectivity index (χ3v) is 5.64. The topological polar surface area (TPSA) is 85.7 Å². The second kappa shape index (κ2) is 9.72. The number of carboxylic acid groups (broad SMARTS) is 1. The number of fused-ring (bicyclic) bond motifs is 1. The van der Waals surface area contributed by atoms with Gasteiger partial charge in [0.2, 0.25) is 0 Å². The van der Waals surface area contributed by atoms with Crippen LogP contribution in [0.15, 0.2) is 71.7 Å². The zero-order valence-electron chi connectivity index (χ0n) is 20.0. The molecule has 0 aliphatic heterocycles. The molecular formula is C28H29FN3O3+. The molecule has 0 fully saturated rings. The number of quaternary nitrogens is 1. The zero-order valence-corrected chi connectivity index (χ0v) is 20.0. The van der Waals surface area contributed by atoms with Crippen LogP contribution in [0.5, 0.6) is 5.88 Å². The van der Waals surface area contributed by atoms with E-state index >= 15 is 0 Å². The van der Waals surface area contributed by atoms with Gasteiger partial charge in [-0.2, -0.15) is 0 Å². The molecule has 0 unspecified atom stereocenters. The Bertz CT molecular complexity index is 1400. The Morgan fingerprint density at radius 2 is 1.74 bits per heavy atom. The van der Waals surface area contributed by atoms with E-state index in [2.05, 4.69) is 26.1 Å². The van der Waals surface area contributed by atoms with E-state index < -0.39 is 11.8 Å². The molecule has 6 nitrogen and oxygen atoms in total. The van der Waals surface area contributed by atoms with Gasteiger partial charge >= 0.3 is 5.97 Å². The molecule has 0 spiro atoms. The number of aromatic amines is 1. The number of hydrogen-bond acceptors (Lipinski definition) is 3. The van der Waals surface area contributed by atoms with Crippen molar-refractivity contribution in [1.29, 1.82) is 0 Å². The minimum Gasteiger partial charge on any atom is -0.494 e. The van der Waals surface area contributed by atoms with Crippen molar-refractivity contribution < 1.29 is 23.9 Å². The summed E-state index contributed by atoms with van der Waals surface area (Å²) in [6, 6.07) is 19.7. The molecule has 35 heavy (non-hydrogen) atoms. The number of aromatic hydroxyl groups is 1. The molecule has 0 aliphatic carbocycles. The number of rotatable bonds is 8. The first-order chi connectivity index (χ1) is 16.6. The maximum Gasteiger partial charge on any atom is 0.303 e. The van der Waals surface area contributed by atoms with E-state index in [1.54, 1.807) is 6.07 Å². The Balaban J connectivity index is 1.83. The molecule has 0 aliphatic rings. The third-order valence-electron chi connectivity index (χ3n) is 5.64. The van der Waals surface area contributed by atoms with Gasteiger partial charge in [0, 0.05) is 22.9 Å². The van der Waals surface area contributed by atoms with Gasteiger partial charge in [0.15, 0.2) is 5.88 Å². The number of nitrogens with zero attached hydrogens (tertiary/aromatic N) is 2. The number of aliphatic carboxylic acids is 1. The lowest BCUT2D eigenvalue weighted by molar-refractivity contribution is -0.884. The van der Waals surface area contributed by atoms with E-state index in [4.69, 9.17) is 10.1 Å². The Kier molecular flexibility index (Phi) is 6.71. The maximum atomic E-state index is 13.8. The normalized spacial score (nSPS) is 12.3. The first-order valence-electron chi connectivity index (χ1n) is 11.4. The minimum atomic E-state index is -0.866. The predicted molar refractivity (Wildman–Crippen MR) is 136 cm³/mol. The standard InChI is InChI=1S/C28H28FN3O3/c1-32(2,3)17-19-7-11-22(12-8-19)30-27(20-6-4-5-18(15-20)9-14-25(33)34)26-23-13-10-21(29)16-24(23)31-28(26)35/h4-8,10-13,15-16H,9,14,17H2,1-3H3,(H2-,30,31,33,34,35)/p+1. The summed E-state index contributed by atoms with van der Waals surface area (Å²) in [5.74, 6) is -1.39. The fourth-order valence-electron chi connectivity index (χ4n) is 4.14. The van der Waals surface area contributed by atoms with Crippen LogP contribution in [0.25, 0.3) is 10.9 Å². The molecule has 3 aromatic carbocycles. The summed E-state index contributed by atoms with van der Waals surface area (Å²) in [7, 11) is 6.39. The van der Waals surface area contributed by atoms with E-state index in [-0.39, 0.29) is 12.3 Å². The summed E-state index contributed by atoms with van der Waals surface area (Å²) in [4.78, 5) is 18.8. The SMILES string of the molecule is C[N+](C)(C)Cc1ccc(N=C(c2cccc(CCC(=O)O)c2)c2c(O)[nH]c3cc(F)ccc23)cc1. The summed E-state index contributed by atoms with van der Waals surface area (Å²) in [5, 5.41) is 20.5. The molecule has 4 aromatic rings. The summed E-state index contributed by atoms with van der Waals surface area (Å²) in [6.07, 6.45) is 0.391. The van der Waals surface area contributed by atoms with Gasteiger partial charge in [-0.25, -0.2) is 9.38 Å². The number of halogens is 1. The first-order valence-corrected chi connectivity index (χ1v) is 11.4. The van der Waals surface area contributed by atoms with E-state index in [0.717, 1.165) is 22.2 Å². The molecule has 0 saturated heterocycles. The molecule has 0 radical (unpaired) electrons. The summed E-state index contributed by atoms with van der Waals surface area (Å²) >= 11 is 0. The number of hydrogen-bond donors (Lipinski definition) is 3. The Morgan fingerprint density at radius 3 is 2.43 bits per heavy atom. The number of H-pyrrole nitrogens is 1. The van der Waals surface area contributed by atoms with Gasteiger partial charge < -0.3 is 19.7 Å². The Morgan fingerprint density at radius 1 is 1.00 bits per heavy atom. The summed E-state index contributed by atoms with van der Waals surface area (Å²) < 4.78 is 14.6. The van der Waals surface area contributed by atoms with Gasteiger partial charge in [-0.05, 0) is 48.4 Å². The molecule has 7 heteroatoms. The smallest absolute Gasteiger partial charge is 0.303 e. The van der Waals surface area contributed by atoms with Gasteiger partial charge in [0.1, 0.15) is 12.4 Å². The minimum absolute atomic E-state index is 0.0152. The molecular weight excluding hydrogens is 445 g/mol. The fourth-order valence-corrected chi connectivity index (χ4v) is 4.14. The lowest BCUT2D eigenvalue weighted by Crippen LogP contribution is -2.33. The molecule has 1 heterocycles. The van der Waals surface area contributed by atoms with Crippen LogP contribution in [0, 0.1) is 5.82 Å². The highest BCUT2D eigenvalue weighted by Crippen LogP contribution is 2.32. The van der Waals surface area contributed by atoms with Crippen LogP contribution in [0.2, 0.25) is 0 Å². The average molecular weight is 475 g/mol. The fraction of sp³-hybridized carbons (Fsp3) is 0.214. The first kappa shape index (κ1) is 24.2. The number of nitrogens with one attached hydrogen (secondary N) is 1. The number of aryl methyl sites for hydroxylation is 1. The van der Waals surface area contributed by atoms with Crippen molar-refractivity contribution >= 4 is 28.3 Å². The molecule has 0 atom stereocenters. The number of benzene rings is 3. The Labute approximate surface area is 203 Å². The van der Waals surface area contributed by atoms with Crippen molar-refractivity contribution in [1.82, 2.24) is 4.98 Å².